The van der Waals surface area contributed by atoms with Crippen LogP contribution in [0.2, 0.25) is 0 Å². The minimum absolute atomic E-state index is 0.141. The number of amides is 1. The average molecular weight is 349 g/mol. The fourth-order valence-corrected chi connectivity index (χ4v) is 4.44. The molecule has 4 rings (SSSR count). The Morgan fingerprint density at radius 3 is 2.73 bits per heavy atom. The predicted octanol–water partition coefficient (Wildman–Crippen LogP) is 3.27. The molecular formula is C22H27N3O. The number of aryl methyl sites for hydroxylation is 1. The van der Waals surface area contributed by atoms with Crippen LogP contribution < -0.4 is 9.80 Å². The number of hydrogen-bond acceptors (Lipinski definition) is 3. The summed E-state index contributed by atoms with van der Waals surface area (Å²) in [6, 6.07) is 17.0. The zero-order chi connectivity index (χ0) is 18.3. The van der Waals surface area contributed by atoms with Crippen molar-refractivity contribution in [3.8, 4) is 0 Å². The van der Waals surface area contributed by atoms with Gasteiger partial charge in [-0.05, 0) is 50.7 Å². The molecule has 2 aliphatic rings. The third-order valence-corrected chi connectivity index (χ3v) is 5.89. The molecule has 1 amide bonds. The van der Waals surface area contributed by atoms with Gasteiger partial charge in [-0.3, -0.25) is 4.79 Å². The molecule has 2 aliphatic heterocycles. The molecule has 0 aliphatic carbocycles. The van der Waals surface area contributed by atoms with E-state index in [1.165, 1.54) is 16.8 Å². The number of carbonyl (C=O) groups is 1. The van der Waals surface area contributed by atoms with E-state index in [0.29, 0.717) is 18.5 Å². The molecule has 2 heterocycles. The van der Waals surface area contributed by atoms with Gasteiger partial charge in [-0.15, -0.1) is 0 Å². The van der Waals surface area contributed by atoms with Crippen molar-refractivity contribution in [1.82, 2.24) is 4.90 Å². The highest BCUT2D eigenvalue weighted by molar-refractivity contribution is 5.96. The average Bonchev–Trinajstić information content (AvgIpc) is 2.94. The molecule has 0 radical (unpaired) electrons. The van der Waals surface area contributed by atoms with E-state index in [1.807, 2.05) is 37.4 Å². The van der Waals surface area contributed by atoms with E-state index in [4.69, 9.17) is 0 Å². The Bertz CT molecular complexity index is 804. The molecular weight excluding hydrogens is 322 g/mol. The monoisotopic (exact) mass is 349 g/mol. The molecule has 4 heteroatoms. The van der Waals surface area contributed by atoms with Crippen molar-refractivity contribution in [3.63, 3.8) is 0 Å². The van der Waals surface area contributed by atoms with Crippen LogP contribution in [0, 0.1) is 6.92 Å². The van der Waals surface area contributed by atoms with Gasteiger partial charge in [-0.1, -0.05) is 35.9 Å². The van der Waals surface area contributed by atoms with Crippen molar-refractivity contribution in [2.45, 2.75) is 25.3 Å². The molecule has 0 bridgehead atoms. The second-order valence-corrected chi connectivity index (χ2v) is 7.70. The first-order valence-electron chi connectivity index (χ1n) is 9.42. The first-order valence-corrected chi connectivity index (χ1v) is 9.42. The number of nitrogens with zero attached hydrogens (tertiary/aromatic N) is 3. The van der Waals surface area contributed by atoms with E-state index in [1.54, 1.807) is 4.90 Å². The van der Waals surface area contributed by atoms with Crippen LogP contribution in [0.25, 0.3) is 0 Å². The molecule has 2 atom stereocenters. The fourth-order valence-electron chi connectivity index (χ4n) is 4.44. The lowest BCUT2D eigenvalue weighted by Gasteiger charge is -2.37. The summed E-state index contributed by atoms with van der Waals surface area (Å²) in [4.78, 5) is 19.5. The highest BCUT2D eigenvalue weighted by Crippen LogP contribution is 2.44. The third kappa shape index (κ3) is 2.99. The standard InChI is InChI=1S/C22H27N3O/c1-16-9-10-20-18(13-16)19-14-23(2)12-11-21(19)25(20)15-22(26)24(3)17-7-5-4-6-8-17/h4-10,13,19,21H,11-12,14-15H2,1-3H3/t19-,21+/m1/s1. The van der Waals surface area contributed by atoms with Crippen LogP contribution in [-0.4, -0.2) is 50.6 Å². The van der Waals surface area contributed by atoms with Crippen LogP contribution in [0.4, 0.5) is 11.4 Å². The van der Waals surface area contributed by atoms with Crippen LogP contribution in [0.3, 0.4) is 0 Å². The first-order chi connectivity index (χ1) is 12.5. The number of likely N-dealkylation sites (N-methyl/N-ethyl adjacent to an activating group) is 2. The molecule has 2 aromatic rings. The van der Waals surface area contributed by atoms with Gasteiger partial charge < -0.3 is 14.7 Å². The number of likely N-dealkylation sites (tertiary alicyclic amines) is 1. The van der Waals surface area contributed by atoms with E-state index in [0.717, 1.165) is 25.2 Å². The maximum Gasteiger partial charge on any atom is 0.246 e. The highest BCUT2D eigenvalue weighted by atomic mass is 16.2. The van der Waals surface area contributed by atoms with Gasteiger partial charge in [-0.25, -0.2) is 0 Å². The van der Waals surface area contributed by atoms with Crippen molar-refractivity contribution in [2.24, 2.45) is 0 Å². The Morgan fingerprint density at radius 2 is 1.96 bits per heavy atom. The number of hydrogen-bond donors (Lipinski definition) is 0. The van der Waals surface area contributed by atoms with Gasteiger partial charge in [0, 0.05) is 36.9 Å². The zero-order valence-electron chi connectivity index (χ0n) is 15.9. The van der Waals surface area contributed by atoms with Gasteiger partial charge in [0.1, 0.15) is 0 Å². The maximum atomic E-state index is 13.0. The van der Waals surface area contributed by atoms with Crippen LogP contribution in [0.1, 0.15) is 23.5 Å². The minimum atomic E-state index is 0.141. The molecule has 0 unspecified atom stereocenters. The summed E-state index contributed by atoms with van der Waals surface area (Å²) >= 11 is 0. The Morgan fingerprint density at radius 1 is 1.19 bits per heavy atom. The summed E-state index contributed by atoms with van der Waals surface area (Å²) in [7, 11) is 4.07. The molecule has 4 nitrogen and oxygen atoms in total. The first kappa shape index (κ1) is 17.1. The molecule has 26 heavy (non-hydrogen) atoms. The fraction of sp³-hybridized carbons (Fsp3) is 0.409. The minimum Gasteiger partial charge on any atom is -0.358 e. The topological polar surface area (TPSA) is 26.8 Å². The van der Waals surface area contributed by atoms with Crippen LogP contribution in [0.5, 0.6) is 0 Å². The normalized spacial score (nSPS) is 22.0. The van der Waals surface area contributed by atoms with Gasteiger partial charge in [0.25, 0.3) is 0 Å². The van der Waals surface area contributed by atoms with E-state index in [-0.39, 0.29) is 5.91 Å². The van der Waals surface area contributed by atoms with Gasteiger partial charge >= 0.3 is 0 Å². The summed E-state index contributed by atoms with van der Waals surface area (Å²) in [5.74, 6) is 0.640. The van der Waals surface area contributed by atoms with Crippen LogP contribution >= 0.6 is 0 Å². The number of benzene rings is 2. The van der Waals surface area contributed by atoms with Gasteiger partial charge in [-0.2, -0.15) is 0 Å². The molecule has 2 aromatic carbocycles. The van der Waals surface area contributed by atoms with Crippen molar-refractivity contribution in [1.29, 1.82) is 0 Å². The number of anilines is 2. The zero-order valence-corrected chi connectivity index (χ0v) is 15.9. The van der Waals surface area contributed by atoms with E-state index in [9.17, 15) is 4.79 Å². The quantitative estimate of drug-likeness (QED) is 0.851. The van der Waals surface area contributed by atoms with E-state index < -0.39 is 0 Å². The number of fused-ring (bicyclic) bond motifs is 3. The lowest BCUT2D eigenvalue weighted by molar-refractivity contribution is -0.117. The molecule has 0 saturated carbocycles. The van der Waals surface area contributed by atoms with E-state index >= 15 is 0 Å². The second-order valence-electron chi connectivity index (χ2n) is 7.70. The largest absolute Gasteiger partial charge is 0.358 e. The molecule has 1 saturated heterocycles. The number of para-hydroxylation sites is 1. The number of rotatable bonds is 3. The van der Waals surface area contributed by atoms with Crippen LogP contribution in [0.15, 0.2) is 48.5 Å². The summed E-state index contributed by atoms with van der Waals surface area (Å²) in [5, 5.41) is 0. The van der Waals surface area contributed by atoms with Crippen molar-refractivity contribution in [2.75, 3.05) is 43.5 Å². The Kier molecular flexibility index (Phi) is 4.45. The molecule has 136 valence electrons. The van der Waals surface area contributed by atoms with Crippen molar-refractivity contribution >= 4 is 17.3 Å². The van der Waals surface area contributed by atoms with E-state index in [2.05, 4.69) is 42.0 Å². The maximum absolute atomic E-state index is 13.0. The number of piperidine rings is 1. The molecule has 0 spiro atoms. The molecule has 1 fully saturated rings. The SMILES string of the molecule is Cc1ccc2c(c1)[C@H]1CN(C)CC[C@@H]1N2CC(=O)N(C)c1ccccc1. The summed E-state index contributed by atoms with van der Waals surface area (Å²) < 4.78 is 0. The Labute approximate surface area is 156 Å². The number of carbonyl (C=O) groups excluding carboxylic acids is 1. The molecule has 0 aromatic heterocycles. The highest BCUT2D eigenvalue weighted by Gasteiger charge is 2.41. The van der Waals surface area contributed by atoms with Crippen molar-refractivity contribution < 1.29 is 4.79 Å². The van der Waals surface area contributed by atoms with Crippen molar-refractivity contribution in [3.05, 3.63) is 59.7 Å². The lowest BCUT2D eigenvalue weighted by Crippen LogP contribution is -2.48. The Balaban J connectivity index is 1.61. The Hall–Kier alpha value is -2.33. The third-order valence-electron chi connectivity index (χ3n) is 5.89. The second kappa shape index (κ2) is 6.76. The summed E-state index contributed by atoms with van der Waals surface area (Å²) in [6.45, 7) is 4.75. The van der Waals surface area contributed by atoms with Crippen LogP contribution in [-0.2, 0) is 4.79 Å². The van der Waals surface area contributed by atoms with Gasteiger partial charge in [0.2, 0.25) is 5.91 Å². The summed E-state index contributed by atoms with van der Waals surface area (Å²) in [6.07, 6.45) is 1.11. The van der Waals surface area contributed by atoms with Gasteiger partial charge in [0.15, 0.2) is 0 Å². The predicted molar refractivity (Wildman–Crippen MR) is 107 cm³/mol. The lowest BCUT2D eigenvalue weighted by atomic mass is 9.89. The summed E-state index contributed by atoms with van der Waals surface area (Å²) in [5.41, 5.74) is 4.90. The van der Waals surface area contributed by atoms with Gasteiger partial charge in [0.05, 0.1) is 6.54 Å². The smallest absolute Gasteiger partial charge is 0.246 e. The molecule has 0 N–H and O–H groups in total.